The molecule has 3 rings (SSSR count). The summed E-state index contributed by atoms with van der Waals surface area (Å²) in [5.74, 6) is 0.853. The highest BCUT2D eigenvalue weighted by Crippen LogP contribution is 2.26. The number of thiophene rings is 1. The summed E-state index contributed by atoms with van der Waals surface area (Å²) >= 11 is 1.73. The van der Waals surface area contributed by atoms with Crippen LogP contribution in [0.15, 0.2) is 60.1 Å². The van der Waals surface area contributed by atoms with Crippen molar-refractivity contribution in [1.82, 2.24) is 4.98 Å². The third kappa shape index (κ3) is 3.23. The molecule has 0 radical (unpaired) electrons. The van der Waals surface area contributed by atoms with Crippen LogP contribution < -0.4 is 10.2 Å². The molecule has 0 fully saturated rings. The van der Waals surface area contributed by atoms with Crippen molar-refractivity contribution in [2.45, 2.75) is 0 Å². The van der Waals surface area contributed by atoms with E-state index in [4.69, 9.17) is 0 Å². The van der Waals surface area contributed by atoms with Crippen LogP contribution in [0.25, 0.3) is 10.4 Å². The van der Waals surface area contributed by atoms with Crippen LogP contribution in [0.5, 0.6) is 0 Å². The number of rotatable bonds is 4. The van der Waals surface area contributed by atoms with Crippen molar-refractivity contribution in [3.05, 3.63) is 60.1 Å². The molecule has 1 aromatic carbocycles. The number of hydrogen-bond acceptors (Lipinski definition) is 4. The van der Waals surface area contributed by atoms with Crippen LogP contribution in [0.2, 0.25) is 0 Å². The monoisotopic (exact) mass is 295 g/mol. The molecular weight excluding hydrogens is 278 g/mol. The van der Waals surface area contributed by atoms with E-state index in [9.17, 15) is 0 Å². The van der Waals surface area contributed by atoms with Gasteiger partial charge in [-0.15, -0.1) is 11.3 Å². The Morgan fingerprint density at radius 2 is 1.95 bits per heavy atom. The Morgan fingerprint density at radius 1 is 1.05 bits per heavy atom. The summed E-state index contributed by atoms with van der Waals surface area (Å²) in [4.78, 5) is 7.81. The minimum Gasteiger partial charge on any atom is -0.378 e. The number of nitrogens with one attached hydrogen (secondary N) is 1. The molecule has 1 N–H and O–H groups in total. The molecule has 4 heteroatoms. The second-order valence-corrected chi connectivity index (χ2v) is 5.93. The summed E-state index contributed by atoms with van der Waals surface area (Å²) in [6, 6.07) is 16.5. The van der Waals surface area contributed by atoms with Crippen LogP contribution in [-0.4, -0.2) is 19.1 Å². The van der Waals surface area contributed by atoms with Crippen LogP contribution in [0.1, 0.15) is 0 Å². The fourth-order valence-corrected chi connectivity index (χ4v) is 2.78. The van der Waals surface area contributed by atoms with Gasteiger partial charge >= 0.3 is 0 Å². The minimum atomic E-state index is 0.853. The van der Waals surface area contributed by atoms with E-state index in [1.807, 2.05) is 38.5 Å². The molecule has 0 aliphatic rings. The third-order valence-electron chi connectivity index (χ3n) is 3.20. The maximum atomic E-state index is 4.49. The number of pyridine rings is 1. The molecule has 2 heterocycles. The summed E-state index contributed by atoms with van der Waals surface area (Å²) in [7, 11) is 4.07. The van der Waals surface area contributed by atoms with Crippen molar-refractivity contribution >= 4 is 28.5 Å². The van der Waals surface area contributed by atoms with E-state index in [2.05, 4.69) is 50.9 Å². The van der Waals surface area contributed by atoms with Gasteiger partial charge in [-0.3, -0.25) is 0 Å². The minimum absolute atomic E-state index is 0.853. The molecule has 0 aliphatic heterocycles. The lowest BCUT2D eigenvalue weighted by molar-refractivity contribution is 1.13. The van der Waals surface area contributed by atoms with Gasteiger partial charge in [0.15, 0.2) is 0 Å². The summed E-state index contributed by atoms with van der Waals surface area (Å²) in [5.41, 5.74) is 3.35. The van der Waals surface area contributed by atoms with Gasteiger partial charge in [0.25, 0.3) is 0 Å². The average Bonchev–Trinajstić information content (AvgIpc) is 3.02. The van der Waals surface area contributed by atoms with Crippen molar-refractivity contribution < 1.29 is 0 Å². The Hall–Kier alpha value is -2.33. The Balaban J connectivity index is 1.78. The fourth-order valence-electron chi connectivity index (χ4n) is 2.07. The maximum Gasteiger partial charge on any atom is 0.130 e. The topological polar surface area (TPSA) is 28.2 Å². The van der Waals surface area contributed by atoms with Crippen molar-refractivity contribution in [2.75, 3.05) is 24.3 Å². The molecule has 0 bridgehead atoms. The molecule has 3 aromatic rings. The van der Waals surface area contributed by atoms with Crippen molar-refractivity contribution in [3.63, 3.8) is 0 Å². The fraction of sp³-hybridized carbons (Fsp3) is 0.118. The largest absolute Gasteiger partial charge is 0.378 e. The molecule has 0 amide bonds. The number of aromatic nitrogens is 1. The first-order chi connectivity index (χ1) is 10.2. The van der Waals surface area contributed by atoms with Gasteiger partial charge in [-0.05, 0) is 41.8 Å². The van der Waals surface area contributed by atoms with Crippen molar-refractivity contribution in [3.8, 4) is 10.4 Å². The number of anilines is 3. The molecule has 0 atom stereocenters. The molecule has 0 spiro atoms. The Labute approximate surface area is 128 Å². The number of hydrogen-bond donors (Lipinski definition) is 1. The molecular formula is C17H17N3S. The highest BCUT2D eigenvalue weighted by Gasteiger charge is 2.02. The lowest BCUT2D eigenvalue weighted by Gasteiger charge is -2.14. The zero-order chi connectivity index (χ0) is 14.7. The smallest absolute Gasteiger partial charge is 0.130 e. The van der Waals surface area contributed by atoms with Gasteiger partial charge in [-0.1, -0.05) is 12.1 Å². The van der Waals surface area contributed by atoms with Crippen molar-refractivity contribution in [2.24, 2.45) is 0 Å². The normalized spacial score (nSPS) is 10.4. The Morgan fingerprint density at radius 3 is 2.62 bits per heavy atom. The number of nitrogens with zero attached hydrogens (tertiary/aromatic N) is 2. The summed E-state index contributed by atoms with van der Waals surface area (Å²) in [6.45, 7) is 0. The van der Waals surface area contributed by atoms with Crippen LogP contribution in [0, 0.1) is 0 Å². The standard InChI is InChI=1S/C17H17N3S/c1-20(2)15-6-3-5-14(11-15)19-17-9-8-13(12-18-17)16-7-4-10-21-16/h3-12H,1-2H3,(H,18,19). The first kappa shape index (κ1) is 13.6. The predicted octanol–water partition coefficient (Wildman–Crippen LogP) is 4.62. The first-order valence-corrected chi connectivity index (χ1v) is 7.65. The summed E-state index contributed by atoms with van der Waals surface area (Å²) < 4.78 is 0. The van der Waals surface area contributed by atoms with E-state index < -0.39 is 0 Å². The lowest BCUT2D eigenvalue weighted by Crippen LogP contribution is -2.08. The lowest BCUT2D eigenvalue weighted by atomic mass is 10.2. The molecule has 0 unspecified atom stereocenters. The molecule has 0 saturated heterocycles. The predicted molar refractivity (Wildman–Crippen MR) is 91.6 cm³/mol. The van der Waals surface area contributed by atoms with E-state index >= 15 is 0 Å². The van der Waals surface area contributed by atoms with Gasteiger partial charge in [0.2, 0.25) is 0 Å². The van der Waals surface area contributed by atoms with E-state index in [0.717, 1.165) is 22.8 Å². The average molecular weight is 295 g/mol. The third-order valence-corrected chi connectivity index (χ3v) is 4.12. The van der Waals surface area contributed by atoms with Crippen LogP contribution in [0.3, 0.4) is 0 Å². The zero-order valence-electron chi connectivity index (χ0n) is 12.1. The maximum absolute atomic E-state index is 4.49. The second kappa shape index (κ2) is 5.97. The van der Waals surface area contributed by atoms with Crippen LogP contribution in [-0.2, 0) is 0 Å². The highest BCUT2D eigenvalue weighted by molar-refractivity contribution is 7.13. The highest BCUT2D eigenvalue weighted by atomic mass is 32.1. The van der Waals surface area contributed by atoms with Gasteiger partial charge < -0.3 is 10.2 Å². The van der Waals surface area contributed by atoms with Crippen LogP contribution >= 0.6 is 11.3 Å². The van der Waals surface area contributed by atoms with Gasteiger partial charge in [0.05, 0.1) is 0 Å². The quantitative estimate of drug-likeness (QED) is 0.761. The van der Waals surface area contributed by atoms with Gasteiger partial charge in [-0.2, -0.15) is 0 Å². The van der Waals surface area contributed by atoms with E-state index in [0.29, 0.717) is 0 Å². The van der Waals surface area contributed by atoms with Crippen molar-refractivity contribution in [1.29, 1.82) is 0 Å². The first-order valence-electron chi connectivity index (χ1n) is 6.77. The van der Waals surface area contributed by atoms with Gasteiger partial charge in [0, 0.05) is 42.1 Å². The summed E-state index contributed by atoms with van der Waals surface area (Å²) in [6.07, 6.45) is 1.91. The molecule has 3 nitrogen and oxygen atoms in total. The van der Waals surface area contributed by atoms with E-state index in [1.54, 1.807) is 11.3 Å². The molecule has 106 valence electrons. The van der Waals surface area contributed by atoms with E-state index in [1.165, 1.54) is 4.88 Å². The number of benzene rings is 1. The Bertz CT molecular complexity index is 703. The molecule has 0 saturated carbocycles. The van der Waals surface area contributed by atoms with Gasteiger partial charge in [-0.25, -0.2) is 4.98 Å². The Kier molecular flexibility index (Phi) is 3.88. The molecule has 0 aliphatic carbocycles. The SMILES string of the molecule is CN(C)c1cccc(Nc2ccc(-c3cccs3)cn2)c1. The van der Waals surface area contributed by atoms with Gasteiger partial charge in [0.1, 0.15) is 5.82 Å². The van der Waals surface area contributed by atoms with E-state index in [-0.39, 0.29) is 0 Å². The molecule has 21 heavy (non-hydrogen) atoms. The van der Waals surface area contributed by atoms with Crippen LogP contribution in [0.4, 0.5) is 17.2 Å². The second-order valence-electron chi connectivity index (χ2n) is 4.98. The summed E-state index contributed by atoms with van der Waals surface area (Å²) in [5, 5.41) is 5.41. The zero-order valence-corrected chi connectivity index (χ0v) is 12.9. The molecule has 2 aromatic heterocycles.